The molecular formula is C19H22ClNO3S. The van der Waals surface area contributed by atoms with Crippen molar-refractivity contribution in [2.45, 2.75) is 49.6 Å². The number of hydrogen-bond donors (Lipinski definition) is 2. The van der Waals surface area contributed by atoms with Crippen LogP contribution < -0.4 is 4.72 Å². The molecule has 1 fully saturated rings. The van der Waals surface area contributed by atoms with Gasteiger partial charge >= 0.3 is 0 Å². The number of aliphatic hydroxyl groups excluding tert-OH is 1. The summed E-state index contributed by atoms with van der Waals surface area (Å²) < 4.78 is 28.0. The van der Waals surface area contributed by atoms with Gasteiger partial charge in [0.15, 0.2) is 0 Å². The first-order valence-electron chi connectivity index (χ1n) is 8.42. The zero-order chi connectivity index (χ0) is 18.0. The van der Waals surface area contributed by atoms with E-state index >= 15 is 0 Å². The van der Waals surface area contributed by atoms with Crippen LogP contribution >= 0.6 is 11.6 Å². The van der Waals surface area contributed by atoms with Gasteiger partial charge in [0.1, 0.15) is 4.90 Å². The number of aryl methyl sites for hydroxylation is 1. The summed E-state index contributed by atoms with van der Waals surface area (Å²) in [5, 5.41) is 9.75. The summed E-state index contributed by atoms with van der Waals surface area (Å²) in [5.74, 6) is 0. The van der Waals surface area contributed by atoms with Gasteiger partial charge < -0.3 is 5.11 Å². The first-order valence-corrected chi connectivity index (χ1v) is 10.3. The monoisotopic (exact) mass is 379 g/mol. The highest BCUT2D eigenvalue weighted by Crippen LogP contribution is 2.29. The number of aliphatic hydroxyl groups is 1. The van der Waals surface area contributed by atoms with Gasteiger partial charge in [0.2, 0.25) is 10.0 Å². The predicted octanol–water partition coefficient (Wildman–Crippen LogP) is 3.90. The highest BCUT2D eigenvalue weighted by Gasteiger charge is 2.26. The van der Waals surface area contributed by atoms with Crippen LogP contribution in [0.4, 0.5) is 0 Å². The van der Waals surface area contributed by atoms with Crippen molar-refractivity contribution in [1.29, 1.82) is 0 Å². The van der Waals surface area contributed by atoms with Crippen molar-refractivity contribution >= 4 is 21.6 Å². The van der Waals surface area contributed by atoms with Gasteiger partial charge in [-0.25, -0.2) is 13.1 Å². The molecular weight excluding hydrogens is 358 g/mol. The average molecular weight is 380 g/mol. The Labute approximate surface area is 153 Å². The van der Waals surface area contributed by atoms with Gasteiger partial charge in [0, 0.05) is 6.04 Å². The van der Waals surface area contributed by atoms with Gasteiger partial charge in [-0.1, -0.05) is 47.5 Å². The number of nitrogens with one attached hydrogen (secondary N) is 1. The molecule has 0 bridgehead atoms. The molecule has 2 aromatic carbocycles. The van der Waals surface area contributed by atoms with Crippen LogP contribution in [-0.2, 0) is 10.0 Å². The molecule has 0 aromatic heterocycles. The maximum absolute atomic E-state index is 12.6. The summed E-state index contributed by atoms with van der Waals surface area (Å²) >= 11 is 6.28. The van der Waals surface area contributed by atoms with E-state index in [2.05, 4.69) is 4.72 Å². The molecule has 1 aliphatic carbocycles. The summed E-state index contributed by atoms with van der Waals surface area (Å²) in [7, 11) is -3.68. The minimum absolute atomic E-state index is 0.0937. The second-order valence-electron chi connectivity index (χ2n) is 6.64. The van der Waals surface area contributed by atoms with E-state index in [1.165, 1.54) is 0 Å². The fourth-order valence-electron chi connectivity index (χ4n) is 3.12. The molecule has 3 rings (SSSR count). The van der Waals surface area contributed by atoms with Crippen LogP contribution in [0.3, 0.4) is 0 Å². The number of hydrogen-bond acceptors (Lipinski definition) is 3. The second kappa shape index (κ2) is 7.46. The normalized spacial score (nSPS) is 21.2. The van der Waals surface area contributed by atoms with Crippen LogP contribution in [0, 0.1) is 6.92 Å². The van der Waals surface area contributed by atoms with E-state index in [4.69, 9.17) is 11.6 Å². The van der Waals surface area contributed by atoms with Crippen LogP contribution in [0.5, 0.6) is 0 Å². The lowest BCUT2D eigenvalue weighted by Gasteiger charge is -2.26. The largest absolute Gasteiger partial charge is 0.393 e. The third kappa shape index (κ3) is 4.42. The lowest BCUT2D eigenvalue weighted by atomic mass is 9.94. The lowest BCUT2D eigenvalue weighted by Crippen LogP contribution is -2.38. The Bertz CT molecular complexity index is 841. The predicted molar refractivity (Wildman–Crippen MR) is 100 cm³/mol. The van der Waals surface area contributed by atoms with Crippen molar-refractivity contribution in [3.63, 3.8) is 0 Å². The van der Waals surface area contributed by atoms with Crippen molar-refractivity contribution in [2.75, 3.05) is 0 Å². The van der Waals surface area contributed by atoms with E-state index in [0.29, 0.717) is 25.7 Å². The van der Waals surface area contributed by atoms with Gasteiger partial charge in [-0.15, -0.1) is 0 Å². The molecule has 0 spiro atoms. The van der Waals surface area contributed by atoms with E-state index < -0.39 is 10.0 Å². The summed E-state index contributed by atoms with van der Waals surface area (Å²) in [6.45, 7) is 2.02. The molecule has 0 aliphatic heterocycles. The van der Waals surface area contributed by atoms with Gasteiger partial charge in [-0.05, 0) is 55.9 Å². The first kappa shape index (κ1) is 18.4. The van der Waals surface area contributed by atoms with Crippen LogP contribution in [0.15, 0.2) is 47.4 Å². The minimum Gasteiger partial charge on any atom is -0.393 e. The van der Waals surface area contributed by atoms with Crippen LogP contribution in [0.1, 0.15) is 31.2 Å². The molecule has 0 amide bonds. The fraction of sp³-hybridized carbons (Fsp3) is 0.368. The second-order valence-corrected chi connectivity index (χ2v) is 8.73. The third-order valence-corrected chi connectivity index (χ3v) is 6.63. The number of sulfonamides is 1. The van der Waals surface area contributed by atoms with Gasteiger partial charge in [-0.2, -0.15) is 0 Å². The molecule has 0 saturated heterocycles. The van der Waals surface area contributed by atoms with Crippen molar-refractivity contribution < 1.29 is 13.5 Å². The quantitative estimate of drug-likeness (QED) is 0.846. The van der Waals surface area contributed by atoms with E-state index in [9.17, 15) is 13.5 Å². The molecule has 2 N–H and O–H groups in total. The molecule has 6 heteroatoms. The Morgan fingerprint density at radius 1 is 1.00 bits per heavy atom. The number of rotatable bonds is 4. The summed E-state index contributed by atoms with van der Waals surface area (Å²) in [6.07, 6.45) is 2.19. The average Bonchev–Trinajstić information content (AvgIpc) is 2.57. The fourth-order valence-corrected chi connectivity index (χ4v) is 4.97. The standard InChI is InChI=1S/C19H22ClNO3S/c1-13-2-4-14(5-3-13)15-6-11-19(18(20)12-15)25(23,24)21-16-7-9-17(22)10-8-16/h2-6,11-12,16-17,21-22H,7-10H2,1H3. The molecule has 0 atom stereocenters. The molecule has 2 aromatic rings. The smallest absolute Gasteiger partial charge is 0.242 e. The Balaban J connectivity index is 1.81. The molecule has 0 radical (unpaired) electrons. The van der Waals surface area contributed by atoms with E-state index in [1.54, 1.807) is 18.2 Å². The molecule has 134 valence electrons. The number of benzene rings is 2. The van der Waals surface area contributed by atoms with Crippen LogP contribution in [0.2, 0.25) is 5.02 Å². The molecule has 0 heterocycles. The van der Waals surface area contributed by atoms with Crippen LogP contribution in [-0.4, -0.2) is 25.7 Å². The molecule has 0 unspecified atom stereocenters. The first-order chi connectivity index (χ1) is 11.8. The Morgan fingerprint density at radius 2 is 1.60 bits per heavy atom. The van der Waals surface area contributed by atoms with E-state index in [-0.39, 0.29) is 22.1 Å². The lowest BCUT2D eigenvalue weighted by molar-refractivity contribution is 0.120. The van der Waals surface area contributed by atoms with E-state index in [0.717, 1.165) is 16.7 Å². The van der Waals surface area contributed by atoms with Crippen molar-refractivity contribution in [3.8, 4) is 11.1 Å². The van der Waals surface area contributed by atoms with Gasteiger partial charge in [-0.3, -0.25) is 0 Å². The topological polar surface area (TPSA) is 66.4 Å². The molecule has 1 aliphatic rings. The maximum Gasteiger partial charge on any atom is 0.242 e. The maximum atomic E-state index is 12.6. The highest BCUT2D eigenvalue weighted by atomic mass is 35.5. The third-order valence-electron chi connectivity index (χ3n) is 4.62. The zero-order valence-corrected chi connectivity index (χ0v) is 15.6. The molecule has 4 nitrogen and oxygen atoms in total. The summed E-state index contributed by atoms with van der Waals surface area (Å²) in [5.41, 5.74) is 3.03. The SMILES string of the molecule is Cc1ccc(-c2ccc(S(=O)(=O)NC3CCC(O)CC3)c(Cl)c2)cc1. The van der Waals surface area contributed by atoms with Gasteiger partial charge in [0.25, 0.3) is 0 Å². The highest BCUT2D eigenvalue weighted by molar-refractivity contribution is 7.89. The van der Waals surface area contributed by atoms with Crippen molar-refractivity contribution in [2.24, 2.45) is 0 Å². The minimum atomic E-state index is -3.68. The molecule has 25 heavy (non-hydrogen) atoms. The van der Waals surface area contributed by atoms with E-state index in [1.807, 2.05) is 31.2 Å². The Morgan fingerprint density at radius 3 is 2.20 bits per heavy atom. The molecule has 1 saturated carbocycles. The summed E-state index contributed by atoms with van der Waals surface area (Å²) in [4.78, 5) is 0.0937. The van der Waals surface area contributed by atoms with Crippen LogP contribution in [0.25, 0.3) is 11.1 Å². The zero-order valence-electron chi connectivity index (χ0n) is 14.1. The Kier molecular flexibility index (Phi) is 5.49. The number of halogens is 1. The van der Waals surface area contributed by atoms with Crippen molar-refractivity contribution in [3.05, 3.63) is 53.1 Å². The van der Waals surface area contributed by atoms with Gasteiger partial charge in [0.05, 0.1) is 11.1 Å². The van der Waals surface area contributed by atoms with Crippen molar-refractivity contribution in [1.82, 2.24) is 4.72 Å². The Hall–Kier alpha value is -1.40. The summed E-state index contributed by atoms with van der Waals surface area (Å²) in [6, 6.07) is 12.8.